The van der Waals surface area contributed by atoms with Gasteiger partial charge in [0.1, 0.15) is 11.6 Å². The molecule has 0 bridgehead atoms. The Morgan fingerprint density at radius 2 is 1.71 bits per heavy atom. The van der Waals surface area contributed by atoms with Crippen LogP contribution in [0.15, 0.2) is 76.7 Å². The van der Waals surface area contributed by atoms with Crippen LogP contribution in [0, 0.1) is 5.82 Å². The third-order valence-corrected chi connectivity index (χ3v) is 7.11. The van der Waals surface area contributed by atoms with Gasteiger partial charge in [0.2, 0.25) is 0 Å². The molecule has 6 nitrogen and oxygen atoms in total. The number of methoxy groups -OCH3 is 1. The van der Waals surface area contributed by atoms with Crippen molar-refractivity contribution >= 4 is 28.4 Å². The van der Waals surface area contributed by atoms with Crippen molar-refractivity contribution in [1.29, 1.82) is 0 Å². The Labute approximate surface area is 207 Å². The molecule has 3 aromatic carbocycles. The van der Waals surface area contributed by atoms with Crippen LogP contribution in [-0.4, -0.2) is 43.0 Å². The Kier molecular flexibility index (Phi) is 7.01. The standard InChI is InChI=1S/C27H26FN3O3S/c1-33-23-9-4-19(5-10-23)17-31-26(32)24-16-22(30-12-14-34-15-13-30)8-11-25(24)29-27(31)35-18-20-2-6-21(28)7-3-20/h2-11,16H,12-15,17-18H2,1H3. The zero-order chi connectivity index (χ0) is 24.2. The number of ether oxygens (including phenoxy) is 2. The third kappa shape index (κ3) is 5.33. The number of nitrogens with zero attached hydrogens (tertiary/aromatic N) is 3. The normalized spacial score (nSPS) is 13.8. The minimum Gasteiger partial charge on any atom is -0.497 e. The number of hydrogen-bond donors (Lipinski definition) is 0. The molecule has 35 heavy (non-hydrogen) atoms. The molecule has 0 unspecified atom stereocenters. The number of anilines is 1. The molecule has 1 aliphatic rings. The first kappa shape index (κ1) is 23.4. The molecule has 1 saturated heterocycles. The quantitative estimate of drug-likeness (QED) is 0.275. The molecular weight excluding hydrogens is 465 g/mol. The summed E-state index contributed by atoms with van der Waals surface area (Å²) in [5.41, 5.74) is 3.52. The van der Waals surface area contributed by atoms with Crippen molar-refractivity contribution in [3.63, 3.8) is 0 Å². The molecule has 5 rings (SSSR count). The van der Waals surface area contributed by atoms with Crippen LogP contribution < -0.4 is 15.2 Å². The van der Waals surface area contributed by atoms with Crippen molar-refractivity contribution in [2.24, 2.45) is 0 Å². The van der Waals surface area contributed by atoms with E-state index in [0.717, 1.165) is 35.7 Å². The van der Waals surface area contributed by atoms with E-state index < -0.39 is 0 Å². The summed E-state index contributed by atoms with van der Waals surface area (Å²) in [5.74, 6) is 1.07. The molecule has 0 spiro atoms. The fourth-order valence-electron chi connectivity index (χ4n) is 4.10. The largest absolute Gasteiger partial charge is 0.497 e. The van der Waals surface area contributed by atoms with E-state index in [-0.39, 0.29) is 11.4 Å². The van der Waals surface area contributed by atoms with Gasteiger partial charge < -0.3 is 14.4 Å². The van der Waals surface area contributed by atoms with Crippen LogP contribution in [0.1, 0.15) is 11.1 Å². The summed E-state index contributed by atoms with van der Waals surface area (Å²) in [4.78, 5) is 20.9. The van der Waals surface area contributed by atoms with Gasteiger partial charge in [-0.25, -0.2) is 9.37 Å². The molecule has 0 radical (unpaired) electrons. The molecular formula is C27H26FN3O3S. The van der Waals surface area contributed by atoms with Crippen LogP contribution in [0.2, 0.25) is 0 Å². The van der Waals surface area contributed by atoms with E-state index in [1.807, 2.05) is 42.5 Å². The lowest BCUT2D eigenvalue weighted by molar-refractivity contribution is 0.122. The number of morpholine rings is 1. The maximum Gasteiger partial charge on any atom is 0.262 e. The predicted molar refractivity (Wildman–Crippen MR) is 137 cm³/mol. The van der Waals surface area contributed by atoms with Crippen LogP contribution in [0.5, 0.6) is 5.75 Å². The molecule has 0 aliphatic carbocycles. The van der Waals surface area contributed by atoms with Gasteiger partial charge in [0, 0.05) is 24.5 Å². The van der Waals surface area contributed by atoms with Gasteiger partial charge in [-0.3, -0.25) is 9.36 Å². The molecule has 0 saturated carbocycles. The fraction of sp³-hybridized carbons (Fsp3) is 0.259. The van der Waals surface area contributed by atoms with E-state index in [0.29, 0.717) is 41.6 Å². The highest BCUT2D eigenvalue weighted by molar-refractivity contribution is 7.98. The van der Waals surface area contributed by atoms with Gasteiger partial charge in [0.05, 0.1) is 37.8 Å². The number of aromatic nitrogens is 2. The van der Waals surface area contributed by atoms with Crippen LogP contribution in [0.3, 0.4) is 0 Å². The van der Waals surface area contributed by atoms with Gasteiger partial charge in [-0.2, -0.15) is 0 Å². The summed E-state index contributed by atoms with van der Waals surface area (Å²) in [6, 6.07) is 19.9. The highest BCUT2D eigenvalue weighted by Crippen LogP contribution is 2.26. The monoisotopic (exact) mass is 491 g/mol. The van der Waals surface area contributed by atoms with Gasteiger partial charge in [-0.15, -0.1) is 0 Å². The van der Waals surface area contributed by atoms with E-state index in [4.69, 9.17) is 14.5 Å². The smallest absolute Gasteiger partial charge is 0.262 e. The van der Waals surface area contributed by atoms with Gasteiger partial charge in [0.25, 0.3) is 5.56 Å². The maximum absolute atomic E-state index is 13.8. The molecule has 1 aliphatic heterocycles. The third-order valence-electron chi connectivity index (χ3n) is 6.06. The molecule has 0 atom stereocenters. The fourth-order valence-corrected chi connectivity index (χ4v) is 5.05. The average molecular weight is 492 g/mol. The number of fused-ring (bicyclic) bond motifs is 1. The highest BCUT2D eigenvalue weighted by atomic mass is 32.2. The maximum atomic E-state index is 13.8. The summed E-state index contributed by atoms with van der Waals surface area (Å²) >= 11 is 1.47. The predicted octanol–water partition coefficient (Wildman–Crippen LogP) is 4.72. The van der Waals surface area contributed by atoms with Crippen molar-refractivity contribution in [3.05, 3.63) is 94.0 Å². The van der Waals surface area contributed by atoms with E-state index in [1.54, 1.807) is 23.8 Å². The minimum absolute atomic E-state index is 0.0810. The Bertz CT molecular complexity index is 1370. The topological polar surface area (TPSA) is 56.6 Å². The first-order chi connectivity index (χ1) is 17.1. The summed E-state index contributed by atoms with van der Waals surface area (Å²) < 4.78 is 25.8. The molecule has 1 fully saturated rings. The number of thioether (sulfide) groups is 1. The van der Waals surface area contributed by atoms with Crippen molar-refractivity contribution < 1.29 is 13.9 Å². The minimum atomic E-state index is -0.268. The van der Waals surface area contributed by atoms with Crippen LogP contribution in [0.25, 0.3) is 10.9 Å². The van der Waals surface area contributed by atoms with Gasteiger partial charge in [0.15, 0.2) is 5.16 Å². The number of halogens is 1. The number of benzene rings is 3. The molecule has 1 aromatic heterocycles. The first-order valence-corrected chi connectivity index (χ1v) is 12.5. The Morgan fingerprint density at radius 3 is 2.43 bits per heavy atom. The van der Waals surface area contributed by atoms with Gasteiger partial charge >= 0.3 is 0 Å². The number of rotatable bonds is 7. The van der Waals surface area contributed by atoms with Crippen molar-refractivity contribution in [2.45, 2.75) is 17.5 Å². The summed E-state index contributed by atoms with van der Waals surface area (Å²) in [5, 5.41) is 1.22. The first-order valence-electron chi connectivity index (χ1n) is 11.5. The molecule has 2 heterocycles. The highest BCUT2D eigenvalue weighted by Gasteiger charge is 2.16. The van der Waals surface area contributed by atoms with Gasteiger partial charge in [-0.05, 0) is 53.6 Å². The van der Waals surface area contributed by atoms with Crippen molar-refractivity contribution in [1.82, 2.24) is 9.55 Å². The molecule has 4 aromatic rings. The lowest BCUT2D eigenvalue weighted by Crippen LogP contribution is -2.36. The lowest BCUT2D eigenvalue weighted by Gasteiger charge is -2.29. The summed E-state index contributed by atoms with van der Waals surface area (Å²) in [7, 11) is 1.63. The number of hydrogen-bond acceptors (Lipinski definition) is 6. The molecule has 0 amide bonds. The van der Waals surface area contributed by atoms with Crippen molar-refractivity contribution in [2.75, 3.05) is 38.3 Å². The second kappa shape index (κ2) is 10.5. The lowest BCUT2D eigenvalue weighted by atomic mass is 10.2. The van der Waals surface area contributed by atoms with Gasteiger partial charge in [-0.1, -0.05) is 36.0 Å². The molecule has 180 valence electrons. The zero-order valence-electron chi connectivity index (χ0n) is 19.4. The molecule has 0 N–H and O–H groups in total. The van der Waals surface area contributed by atoms with E-state index in [9.17, 15) is 9.18 Å². The van der Waals surface area contributed by atoms with Crippen LogP contribution >= 0.6 is 11.8 Å². The van der Waals surface area contributed by atoms with E-state index >= 15 is 0 Å². The average Bonchev–Trinajstić information content (AvgIpc) is 2.91. The SMILES string of the molecule is COc1ccc(Cn2c(SCc3ccc(F)cc3)nc3ccc(N4CCOCC4)cc3c2=O)cc1. The van der Waals surface area contributed by atoms with E-state index in [1.165, 1.54) is 23.9 Å². The van der Waals surface area contributed by atoms with Crippen molar-refractivity contribution in [3.8, 4) is 5.75 Å². The van der Waals surface area contributed by atoms with Crippen LogP contribution in [-0.2, 0) is 17.0 Å². The second-order valence-electron chi connectivity index (χ2n) is 8.35. The Hall–Kier alpha value is -3.36. The van der Waals surface area contributed by atoms with Crippen LogP contribution in [0.4, 0.5) is 10.1 Å². The second-order valence-corrected chi connectivity index (χ2v) is 9.29. The Morgan fingerprint density at radius 1 is 1.00 bits per heavy atom. The zero-order valence-corrected chi connectivity index (χ0v) is 20.3. The summed E-state index contributed by atoms with van der Waals surface area (Å²) in [6.45, 7) is 3.34. The Balaban J connectivity index is 1.53. The molecule has 8 heteroatoms. The van der Waals surface area contributed by atoms with E-state index in [2.05, 4.69) is 4.90 Å². The summed E-state index contributed by atoms with van der Waals surface area (Å²) in [6.07, 6.45) is 0.